The van der Waals surface area contributed by atoms with E-state index < -0.39 is 0 Å². The molecule has 1 unspecified atom stereocenters. The second-order valence-electron chi connectivity index (χ2n) is 3.97. The molecule has 0 aliphatic rings. The van der Waals surface area contributed by atoms with Crippen LogP contribution in [0.1, 0.15) is 23.1 Å². The van der Waals surface area contributed by atoms with Crippen molar-refractivity contribution in [3.63, 3.8) is 0 Å². The number of halogens is 1. The van der Waals surface area contributed by atoms with Crippen LogP contribution in [0.4, 0.5) is 0 Å². The van der Waals surface area contributed by atoms with E-state index in [1.54, 1.807) is 18.6 Å². The number of hydrazine groups is 1. The van der Waals surface area contributed by atoms with Crippen molar-refractivity contribution < 1.29 is 0 Å². The minimum atomic E-state index is -0.0909. The molecule has 0 amide bonds. The Hall–Kier alpha value is -1.37. The Kier molecular flexibility index (Phi) is 4.35. The first-order valence-corrected chi connectivity index (χ1v) is 6.33. The largest absolute Gasteiger partial charge is 0.271 e. The maximum atomic E-state index is 5.57. The molecule has 0 aliphatic heterocycles. The number of aryl methyl sites for hydroxylation is 1. The first-order chi connectivity index (χ1) is 8.69. The summed E-state index contributed by atoms with van der Waals surface area (Å²) in [5.41, 5.74) is 5.39. The zero-order valence-electron chi connectivity index (χ0n) is 9.97. The Morgan fingerprint density at radius 3 is 2.61 bits per heavy atom. The minimum absolute atomic E-state index is 0.0909. The lowest BCUT2D eigenvalue weighted by Gasteiger charge is -2.14. The average molecular weight is 308 g/mol. The van der Waals surface area contributed by atoms with Crippen LogP contribution in [0.2, 0.25) is 0 Å². The van der Waals surface area contributed by atoms with E-state index in [4.69, 9.17) is 5.84 Å². The lowest BCUT2D eigenvalue weighted by Crippen LogP contribution is -2.30. The molecule has 2 aromatic heterocycles. The smallest absolute Gasteiger partial charge is 0.0773 e. The second kappa shape index (κ2) is 5.99. The third-order valence-electron chi connectivity index (χ3n) is 2.56. The van der Waals surface area contributed by atoms with Gasteiger partial charge in [0, 0.05) is 29.0 Å². The first-order valence-electron chi connectivity index (χ1n) is 5.54. The van der Waals surface area contributed by atoms with Gasteiger partial charge in [0.1, 0.15) is 0 Å². The van der Waals surface area contributed by atoms with Crippen LogP contribution in [0, 0.1) is 6.92 Å². The van der Waals surface area contributed by atoms with Gasteiger partial charge in [0.2, 0.25) is 0 Å². The summed E-state index contributed by atoms with van der Waals surface area (Å²) >= 11 is 3.36. The Morgan fingerprint density at radius 1 is 1.22 bits per heavy atom. The summed E-state index contributed by atoms with van der Waals surface area (Å²) in [6, 6.07) is 3.82. The van der Waals surface area contributed by atoms with Gasteiger partial charge in [0.25, 0.3) is 0 Å². The van der Waals surface area contributed by atoms with E-state index in [1.807, 2.05) is 19.1 Å². The fourth-order valence-electron chi connectivity index (χ4n) is 1.57. The number of hydrogen-bond donors (Lipinski definition) is 2. The summed E-state index contributed by atoms with van der Waals surface area (Å²) < 4.78 is 0.957. The molecule has 18 heavy (non-hydrogen) atoms. The molecule has 94 valence electrons. The molecule has 0 spiro atoms. The molecular formula is C12H14BrN5. The third-order valence-corrected chi connectivity index (χ3v) is 3.03. The summed E-state index contributed by atoms with van der Waals surface area (Å²) in [6.45, 7) is 1.90. The monoisotopic (exact) mass is 307 g/mol. The van der Waals surface area contributed by atoms with Crippen LogP contribution in [0.3, 0.4) is 0 Å². The molecule has 0 saturated heterocycles. The van der Waals surface area contributed by atoms with Gasteiger partial charge in [-0.2, -0.15) is 0 Å². The van der Waals surface area contributed by atoms with Crippen molar-refractivity contribution >= 4 is 15.9 Å². The maximum Gasteiger partial charge on any atom is 0.0773 e. The van der Waals surface area contributed by atoms with Gasteiger partial charge in [0.05, 0.1) is 23.6 Å². The zero-order chi connectivity index (χ0) is 13.0. The quantitative estimate of drug-likeness (QED) is 0.664. The standard InChI is InChI=1S/C12H14BrN5/c1-8-5-17-12(7-15-8)11(18-14)4-10-3-2-9(13)6-16-10/h2-3,5-7,11,18H,4,14H2,1H3. The van der Waals surface area contributed by atoms with E-state index in [9.17, 15) is 0 Å². The van der Waals surface area contributed by atoms with E-state index in [0.717, 1.165) is 21.6 Å². The van der Waals surface area contributed by atoms with Gasteiger partial charge in [-0.05, 0) is 35.0 Å². The van der Waals surface area contributed by atoms with Crippen LogP contribution in [0.25, 0.3) is 0 Å². The van der Waals surface area contributed by atoms with Crippen molar-refractivity contribution in [3.8, 4) is 0 Å². The topological polar surface area (TPSA) is 76.7 Å². The molecule has 0 aromatic carbocycles. The predicted octanol–water partition coefficient (Wildman–Crippen LogP) is 1.69. The SMILES string of the molecule is Cc1cnc(C(Cc2ccc(Br)cn2)NN)cn1. The Balaban J connectivity index is 2.14. The lowest BCUT2D eigenvalue weighted by atomic mass is 10.1. The van der Waals surface area contributed by atoms with E-state index in [2.05, 4.69) is 36.3 Å². The van der Waals surface area contributed by atoms with E-state index in [0.29, 0.717) is 6.42 Å². The molecule has 2 rings (SSSR count). The molecule has 0 aliphatic carbocycles. The molecule has 0 bridgehead atoms. The minimum Gasteiger partial charge on any atom is -0.271 e. The number of rotatable bonds is 4. The number of pyridine rings is 1. The summed E-state index contributed by atoms with van der Waals surface area (Å²) in [5, 5.41) is 0. The van der Waals surface area contributed by atoms with Crippen LogP contribution < -0.4 is 11.3 Å². The average Bonchev–Trinajstić information content (AvgIpc) is 2.39. The highest BCUT2D eigenvalue weighted by Gasteiger charge is 2.13. The van der Waals surface area contributed by atoms with Crippen LogP contribution in [0.15, 0.2) is 35.2 Å². The first kappa shape index (κ1) is 13.1. The van der Waals surface area contributed by atoms with Crippen LogP contribution in [0.5, 0.6) is 0 Å². The number of nitrogens with one attached hydrogen (secondary N) is 1. The molecule has 0 fully saturated rings. The molecule has 2 heterocycles. The van der Waals surface area contributed by atoms with E-state index in [1.165, 1.54) is 0 Å². The summed E-state index contributed by atoms with van der Waals surface area (Å²) in [5.74, 6) is 5.57. The number of nitrogens with two attached hydrogens (primary N) is 1. The molecule has 3 N–H and O–H groups in total. The maximum absolute atomic E-state index is 5.57. The van der Waals surface area contributed by atoms with Crippen LogP contribution in [-0.2, 0) is 6.42 Å². The second-order valence-corrected chi connectivity index (χ2v) is 4.89. The van der Waals surface area contributed by atoms with Crippen molar-refractivity contribution in [3.05, 3.63) is 52.3 Å². The van der Waals surface area contributed by atoms with Crippen molar-refractivity contribution in [1.82, 2.24) is 20.4 Å². The molecule has 0 saturated carbocycles. The van der Waals surface area contributed by atoms with Crippen LogP contribution >= 0.6 is 15.9 Å². The van der Waals surface area contributed by atoms with Gasteiger partial charge in [-0.1, -0.05) is 0 Å². The molecule has 5 nitrogen and oxygen atoms in total. The summed E-state index contributed by atoms with van der Waals surface area (Å²) in [7, 11) is 0. The molecule has 2 aromatic rings. The molecule has 1 atom stereocenters. The normalized spacial score (nSPS) is 12.4. The van der Waals surface area contributed by atoms with Crippen molar-refractivity contribution in [2.45, 2.75) is 19.4 Å². The van der Waals surface area contributed by atoms with Crippen LogP contribution in [-0.4, -0.2) is 15.0 Å². The number of hydrogen-bond acceptors (Lipinski definition) is 5. The Labute approximate surface area is 114 Å². The third kappa shape index (κ3) is 3.32. The molecule has 6 heteroatoms. The Morgan fingerprint density at radius 2 is 2.06 bits per heavy atom. The van der Waals surface area contributed by atoms with Gasteiger partial charge < -0.3 is 0 Å². The van der Waals surface area contributed by atoms with Gasteiger partial charge in [-0.15, -0.1) is 0 Å². The van der Waals surface area contributed by atoms with Crippen molar-refractivity contribution in [2.24, 2.45) is 5.84 Å². The van der Waals surface area contributed by atoms with Gasteiger partial charge >= 0.3 is 0 Å². The number of nitrogens with zero attached hydrogens (tertiary/aromatic N) is 3. The fourth-order valence-corrected chi connectivity index (χ4v) is 1.80. The Bertz CT molecular complexity index is 497. The highest BCUT2D eigenvalue weighted by Crippen LogP contribution is 2.15. The van der Waals surface area contributed by atoms with E-state index in [-0.39, 0.29) is 6.04 Å². The highest BCUT2D eigenvalue weighted by atomic mass is 79.9. The number of aromatic nitrogens is 3. The van der Waals surface area contributed by atoms with E-state index >= 15 is 0 Å². The lowest BCUT2D eigenvalue weighted by molar-refractivity contribution is 0.530. The highest BCUT2D eigenvalue weighted by molar-refractivity contribution is 9.10. The molecular weight excluding hydrogens is 294 g/mol. The van der Waals surface area contributed by atoms with Gasteiger partial charge in [-0.3, -0.25) is 26.2 Å². The predicted molar refractivity (Wildman–Crippen MR) is 72.5 cm³/mol. The van der Waals surface area contributed by atoms with Gasteiger partial charge in [0.15, 0.2) is 0 Å². The summed E-state index contributed by atoms with van der Waals surface area (Å²) in [6.07, 6.45) is 5.90. The van der Waals surface area contributed by atoms with Crippen molar-refractivity contribution in [1.29, 1.82) is 0 Å². The summed E-state index contributed by atoms with van der Waals surface area (Å²) in [4.78, 5) is 12.9. The zero-order valence-corrected chi connectivity index (χ0v) is 11.6. The van der Waals surface area contributed by atoms with Gasteiger partial charge in [-0.25, -0.2) is 0 Å². The van der Waals surface area contributed by atoms with Crippen molar-refractivity contribution in [2.75, 3.05) is 0 Å². The molecule has 0 radical (unpaired) electrons. The fraction of sp³-hybridized carbons (Fsp3) is 0.250.